The lowest BCUT2D eigenvalue weighted by Crippen LogP contribution is -2.48. The van der Waals surface area contributed by atoms with Crippen LogP contribution in [0.1, 0.15) is 79.9 Å². The third-order valence-electron chi connectivity index (χ3n) is 9.35. The molecule has 1 unspecified atom stereocenters. The largest absolute Gasteiger partial charge is 0.497 e. The number of anilines is 1. The van der Waals surface area contributed by atoms with Gasteiger partial charge in [0.1, 0.15) is 5.75 Å². The molecule has 1 fully saturated rings. The fourth-order valence-electron chi connectivity index (χ4n) is 6.75. The Hall–Kier alpha value is -3.64. The monoisotopic (exact) mass is 567 g/mol. The number of piperidine rings is 1. The Kier molecular flexibility index (Phi) is 9.02. The first-order chi connectivity index (χ1) is 20.3. The van der Waals surface area contributed by atoms with Crippen LogP contribution < -0.4 is 9.64 Å². The Morgan fingerprint density at radius 3 is 2.31 bits per heavy atom. The number of para-hydroxylation sites is 1. The van der Waals surface area contributed by atoms with Crippen molar-refractivity contribution in [3.8, 4) is 5.75 Å². The van der Waals surface area contributed by atoms with Crippen molar-refractivity contribution in [2.45, 2.75) is 64.3 Å². The van der Waals surface area contributed by atoms with Crippen LogP contribution in [0.5, 0.6) is 5.75 Å². The summed E-state index contributed by atoms with van der Waals surface area (Å²) in [7, 11) is 1.70. The van der Waals surface area contributed by atoms with Crippen LogP contribution in [-0.4, -0.2) is 67.5 Å². The standard InChI is InChI=1S/C36H45N3O3/c1-6-38(7-2)34(40)27-17-15-26(16-18-27)31(28-11-10-12-30(25-28)42-5)21-24-37-22-19-29(20-23-37)39-33-14-9-8-13-32(33)36(3,4)35(39)41/h8-18,25,29,31H,6-7,19-24H2,1-5H3. The van der Waals surface area contributed by atoms with Crippen LogP contribution in [0.4, 0.5) is 5.69 Å². The summed E-state index contributed by atoms with van der Waals surface area (Å²) in [6.07, 6.45) is 2.91. The van der Waals surface area contributed by atoms with Gasteiger partial charge in [-0.05, 0) is 101 Å². The van der Waals surface area contributed by atoms with Crippen LogP contribution >= 0.6 is 0 Å². The summed E-state index contributed by atoms with van der Waals surface area (Å²) in [5.74, 6) is 1.34. The lowest BCUT2D eigenvalue weighted by atomic mass is 9.86. The highest BCUT2D eigenvalue weighted by atomic mass is 16.5. The minimum absolute atomic E-state index is 0.0786. The number of benzene rings is 3. The normalized spacial score (nSPS) is 17.6. The van der Waals surface area contributed by atoms with Gasteiger partial charge in [-0.2, -0.15) is 0 Å². The van der Waals surface area contributed by atoms with Gasteiger partial charge >= 0.3 is 0 Å². The number of likely N-dealkylation sites (tertiary alicyclic amines) is 1. The zero-order valence-electron chi connectivity index (χ0n) is 25.8. The van der Waals surface area contributed by atoms with Crippen LogP contribution in [0.3, 0.4) is 0 Å². The first-order valence-electron chi connectivity index (χ1n) is 15.5. The van der Waals surface area contributed by atoms with Crippen molar-refractivity contribution in [1.29, 1.82) is 0 Å². The van der Waals surface area contributed by atoms with E-state index >= 15 is 0 Å². The smallest absolute Gasteiger partial charge is 0.253 e. The third-order valence-corrected chi connectivity index (χ3v) is 9.35. The summed E-state index contributed by atoms with van der Waals surface area (Å²) in [6, 6.07) is 25.0. The van der Waals surface area contributed by atoms with E-state index < -0.39 is 5.41 Å². The van der Waals surface area contributed by atoms with Crippen molar-refractivity contribution in [3.63, 3.8) is 0 Å². The molecule has 5 rings (SSSR count). The molecular formula is C36H45N3O3. The minimum Gasteiger partial charge on any atom is -0.497 e. The number of hydrogen-bond donors (Lipinski definition) is 0. The molecule has 6 heteroatoms. The first-order valence-corrected chi connectivity index (χ1v) is 15.5. The molecular weight excluding hydrogens is 522 g/mol. The maximum atomic E-state index is 13.5. The molecule has 3 aromatic carbocycles. The topological polar surface area (TPSA) is 53.1 Å². The number of methoxy groups -OCH3 is 1. The molecule has 42 heavy (non-hydrogen) atoms. The summed E-state index contributed by atoms with van der Waals surface area (Å²) in [5, 5.41) is 0. The van der Waals surface area contributed by atoms with Crippen molar-refractivity contribution < 1.29 is 14.3 Å². The van der Waals surface area contributed by atoms with Gasteiger partial charge in [0.15, 0.2) is 0 Å². The molecule has 1 atom stereocenters. The SMILES string of the molecule is CCN(CC)C(=O)c1ccc(C(CCN2CCC(N3C(=O)C(C)(C)c4ccccc43)CC2)c2cccc(OC)c2)cc1. The zero-order valence-corrected chi connectivity index (χ0v) is 25.8. The second-order valence-corrected chi connectivity index (χ2v) is 12.1. The second kappa shape index (κ2) is 12.7. The Labute approximate surface area is 251 Å². The lowest BCUT2D eigenvalue weighted by molar-refractivity contribution is -0.122. The van der Waals surface area contributed by atoms with Crippen LogP contribution in [-0.2, 0) is 10.2 Å². The van der Waals surface area contributed by atoms with E-state index in [1.54, 1.807) is 7.11 Å². The highest BCUT2D eigenvalue weighted by molar-refractivity contribution is 6.08. The van der Waals surface area contributed by atoms with Gasteiger partial charge in [0.05, 0.1) is 12.5 Å². The maximum Gasteiger partial charge on any atom is 0.253 e. The predicted octanol–water partition coefficient (Wildman–Crippen LogP) is 6.49. The first kappa shape index (κ1) is 29.8. The zero-order chi connectivity index (χ0) is 29.9. The molecule has 2 aliphatic rings. The fraction of sp³-hybridized carbons (Fsp3) is 0.444. The predicted molar refractivity (Wildman–Crippen MR) is 170 cm³/mol. The summed E-state index contributed by atoms with van der Waals surface area (Å²) >= 11 is 0. The van der Waals surface area contributed by atoms with Crippen molar-refractivity contribution in [1.82, 2.24) is 9.80 Å². The van der Waals surface area contributed by atoms with E-state index in [4.69, 9.17) is 4.74 Å². The van der Waals surface area contributed by atoms with Gasteiger partial charge in [0.2, 0.25) is 5.91 Å². The van der Waals surface area contributed by atoms with Crippen molar-refractivity contribution in [2.24, 2.45) is 0 Å². The molecule has 0 saturated carbocycles. The molecule has 3 aromatic rings. The fourth-order valence-corrected chi connectivity index (χ4v) is 6.75. The van der Waals surface area contributed by atoms with Gasteiger partial charge in [0, 0.05) is 49.4 Å². The number of ether oxygens (including phenoxy) is 1. The van der Waals surface area contributed by atoms with E-state index in [9.17, 15) is 9.59 Å². The molecule has 222 valence electrons. The van der Waals surface area contributed by atoms with E-state index in [-0.39, 0.29) is 23.8 Å². The third kappa shape index (κ3) is 5.82. The molecule has 2 aliphatic heterocycles. The number of nitrogens with zero attached hydrogens (tertiary/aromatic N) is 3. The molecule has 0 N–H and O–H groups in total. The number of fused-ring (bicyclic) bond motifs is 1. The van der Waals surface area contributed by atoms with Crippen LogP contribution in [0, 0.1) is 0 Å². The number of rotatable bonds is 10. The molecule has 0 aliphatic carbocycles. The number of carbonyl (C=O) groups excluding carboxylic acids is 2. The van der Waals surface area contributed by atoms with E-state index in [1.165, 1.54) is 11.1 Å². The van der Waals surface area contributed by atoms with Crippen LogP contribution in [0.15, 0.2) is 72.8 Å². The molecule has 0 radical (unpaired) electrons. The molecule has 0 spiro atoms. The number of hydrogen-bond acceptors (Lipinski definition) is 4. The Balaban J connectivity index is 1.28. The number of amides is 2. The van der Waals surface area contributed by atoms with Gasteiger partial charge in [0.25, 0.3) is 5.91 Å². The van der Waals surface area contributed by atoms with E-state index in [1.807, 2.05) is 62.9 Å². The Morgan fingerprint density at radius 2 is 1.64 bits per heavy atom. The van der Waals surface area contributed by atoms with E-state index in [0.29, 0.717) is 13.1 Å². The van der Waals surface area contributed by atoms with Crippen molar-refractivity contribution in [3.05, 3.63) is 95.1 Å². The molecule has 0 bridgehead atoms. The van der Waals surface area contributed by atoms with Crippen LogP contribution in [0.2, 0.25) is 0 Å². The summed E-state index contributed by atoms with van der Waals surface area (Å²) in [5.41, 5.74) is 4.92. The maximum absolute atomic E-state index is 13.5. The summed E-state index contributed by atoms with van der Waals surface area (Å²) in [4.78, 5) is 32.8. The van der Waals surface area contributed by atoms with Crippen molar-refractivity contribution >= 4 is 17.5 Å². The van der Waals surface area contributed by atoms with E-state index in [0.717, 1.165) is 61.5 Å². The second-order valence-electron chi connectivity index (χ2n) is 12.1. The van der Waals surface area contributed by atoms with Crippen LogP contribution in [0.25, 0.3) is 0 Å². The Morgan fingerprint density at radius 1 is 0.952 bits per heavy atom. The molecule has 0 aromatic heterocycles. The lowest BCUT2D eigenvalue weighted by Gasteiger charge is -2.38. The number of carbonyl (C=O) groups is 2. The van der Waals surface area contributed by atoms with Gasteiger partial charge in [-0.25, -0.2) is 0 Å². The summed E-state index contributed by atoms with van der Waals surface area (Å²) in [6.45, 7) is 12.4. The summed E-state index contributed by atoms with van der Waals surface area (Å²) < 4.78 is 5.55. The highest BCUT2D eigenvalue weighted by Gasteiger charge is 2.46. The molecule has 2 amide bonds. The molecule has 1 saturated heterocycles. The molecule has 2 heterocycles. The Bertz CT molecular complexity index is 1390. The van der Waals surface area contributed by atoms with Gasteiger partial charge in [-0.15, -0.1) is 0 Å². The minimum atomic E-state index is -0.469. The average Bonchev–Trinajstić information content (AvgIpc) is 3.23. The average molecular weight is 568 g/mol. The van der Waals surface area contributed by atoms with Crippen molar-refractivity contribution in [2.75, 3.05) is 44.7 Å². The highest BCUT2D eigenvalue weighted by Crippen LogP contribution is 2.43. The van der Waals surface area contributed by atoms with Gasteiger partial charge in [-0.3, -0.25) is 9.59 Å². The van der Waals surface area contributed by atoms with E-state index in [2.05, 4.69) is 52.3 Å². The quantitative estimate of drug-likeness (QED) is 0.281. The van der Waals surface area contributed by atoms with Gasteiger partial charge < -0.3 is 19.4 Å². The molecule has 6 nitrogen and oxygen atoms in total. The van der Waals surface area contributed by atoms with Gasteiger partial charge in [-0.1, -0.05) is 42.5 Å².